The summed E-state index contributed by atoms with van der Waals surface area (Å²) in [5.74, 6) is 0.257. The maximum Gasteiger partial charge on any atom is 0.349 e. The Morgan fingerprint density at radius 2 is 1.91 bits per heavy atom. The largest absolute Gasteiger partial charge is 0.482 e. The molecule has 0 amide bonds. The van der Waals surface area contributed by atoms with Gasteiger partial charge in [-0.15, -0.1) is 0 Å². The fourth-order valence-corrected chi connectivity index (χ4v) is 1.90. The molecule has 0 bridgehead atoms. The van der Waals surface area contributed by atoms with Gasteiger partial charge in [-0.2, -0.15) is 0 Å². The molecule has 0 unspecified atom stereocenters. The second kappa shape index (κ2) is 6.71. The summed E-state index contributed by atoms with van der Waals surface area (Å²) in [5.41, 5.74) is 1.43. The van der Waals surface area contributed by atoms with E-state index in [0.717, 1.165) is 5.56 Å². The van der Waals surface area contributed by atoms with Gasteiger partial charge in [0, 0.05) is 11.6 Å². The first-order valence-corrected chi connectivity index (χ1v) is 6.61. The van der Waals surface area contributed by atoms with E-state index >= 15 is 0 Å². The Balaban J connectivity index is 1.95. The molecule has 0 saturated heterocycles. The summed E-state index contributed by atoms with van der Waals surface area (Å²) in [6, 6.07) is 11.4. The van der Waals surface area contributed by atoms with Crippen molar-refractivity contribution in [3.05, 3.63) is 63.7 Å². The molecule has 0 atom stereocenters. The predicted octanol–water partition coefficient (Wildman–Crippen LogP) is 3.20. The molecule has 0 aliphatic heterocycles. The first-order valence-electron chi connectivity index (χ1n) is 6.61. The fraction of sp³-hybridized carbons (Fsp3) is 0.188. The number of rotatable bonds is 5. The molecule has 6 heteroatoms. The lowest BCUT2D eigenvalue weighted by Crippen LogP contribution is -2.17. The van der Waals surface area contributed by atoms with Crippen LogP contribution in [0.15, 0.2) is 42.5 Å². The third kappa shape index (κ3) is 4.05. The minimum atomic E-state index is -0.574. The van der Waals surface area contributed by atoms with E-state index in [1.807, 2.05) is 25.1 Å². The van der Waals surface area contributed by atoms with Crippen molar-refractivity contribution in [2.24, 2.45) is 0 Å². The van der Waals surface area contributed by atoms with Gasteiger partial charge in [-0.3, -0.25) is 10.1 Å². The summed E-state index contributed by atoms with van der Waals surface area (Å²) in [6.07, 6.45) is 0. The van der Waals surface area contributed by atoms with Crippen LogP contribution in [0.4, 0.5) is 5.69 Å². The highest BCUT2D eigenvalue weighted by Crippen LogP contribution is 2.23. The fourth-order valence-electron chi connectivity index (χ4n) is 1.90. The van der Waals surface area contributed by atoms with Crippen molar-refractivity contribution < 1.29 is 19.2 Å². The SMILES string of the molecule is Cc1cccc(OCC(=O)Oc2ccc([N+](=O)[O-])c(C)c2)c1. The van der Waals surface area contributed by atoms with Crippen LogP contribution in [-0.4, -0.2) is 17.5 Å². The normalized spacial score (nSPS) is 10.1. The summed E-state index contributed by atoms with van der Waals surface area (Å²) < 4.78 is 10.4. The average molecular weight is 301 g/mol. The molecule has 0 heterocycles. The van der Waals surface area contributed by atoms with Gasteiger partial charge >= 0.3 is 5.97 Å². The van der Waals surface area contributed by atoms with Gasteiger partial charge in [0.05, 0.1) is 4.92 Å². The maximum absolute atomic E-state index is 11.7. The van der Waals surface area contributed by atoms with Crippen molar-refractivity contribution in [2.45, 2.75) is 13.8 Å². The molecule has 0 aromatic heterocycles. The molecule has 2 rings (SSSR count). The Morgan fingerprint density at radius 3 is 2.55 bits per heavy atom. The molecule has 2 aromatic rings. The molecular weight excluding hydrogens is 286 g/mol. The Morgan fingerprint density at radius 1 is 1.14 bits per heavy atom. The number of nitro groups is 1. The number of nitro benzene ring substituents is 1. The second-order valence-electron chi connectivity index (χ2n) is 4.78. The van der Waals surface area contributed by atoms with E-state index in [-0.39, 0.29) is 18.0 Å². The number of carbonyl (C=O) groups excluding carboxylic acids is 1. The number of ether oxygens (including phenoxy) is 2. The summed E-state index contributed by atoms with van der Waals surface area (Å²) in [6.45, 7) is 3.27. The van der Waals surface area contributed by atoms with E-state index in [1.165, 1.54) is 18.2 Å². The molecule has 0 aliphatic rings. The zero-order valence-electron chi connectivity index (χ0n) is 12.2. The molecule has 0 aliphatic carbocycles. The topological polar surface area (TPSA) is 78.7 Å². The molecule has 0 radical (unpaired) electrons. The minimum absolute atomic E-state index is 0.0178. The van der Waals surface area contributed by atoms with Gasteiger partial charge in [0.15, 0.2) is 6.61 Å². The van der Waals surface area contributed by atoms with Crippen LogP contribution in [-0.2, 0) is 4.79 Å². The third-order valence-electron chi connectivity index (χ3n) is 2.94. The Kier molecular flexibility index (Phi) is 4.73. The summed E-state index contributed by atoms with van der Waals surface area (Å²) in [7, 11) is 0. The van der Waals surface area contributed by atoms with Crippen LogP contribution in [0.1, 0.15) is 11.1 Å². The van der Waals surface area contributed by atoms with E-state index in [9.17, 15) is 14.9 Å². The first kappa shape index (κ1) is 15.5. The molecular formula is C16H15NO5. The monoisotopic (exact) mass is 301 g/mol. The summed E-state index contributed by atoms with van der Waals surface area (Å²) in [5, 5.41) is 10.7. The molecule has 0 N–H and O–H groups in total. The van der Waals surface area contributed by atoms with Crippen molar-refractivity contribution in [1.29, 1.82) is 0 Å². The van der Waals surface area contributed by atoms with E-state index in [0.29, 0.717) is 11.3 Å². The molecule has 6 nitrogen and oxygen atoms in total. The number of aryl methyl sites for hydroxylation is 2. The van der Waals surface area contributed by atoms with Gasteiger partial charge in [-0.05, 0) is 43.7 Å². The number of hydrogen-bond donors (Lipinski definition) is 0. The quantitative estimate of drug-likeness (QED) is 0.367. The van der Waals surface area contributed by atoms with Gasteiger partial charge in [0.2, 0.25) is 0 Å². The Bertz CT molecular complexity index is 711. The van der Waals surface area contributed by atoms with E-state index in [2.05, 4.69) is 0 Å². The number of nitrogens with zero attached hydrogens (tertiary/aromatic N) is 1. The van der Waals surface area contributed by atoms with Crippen LogP contribution in [0, 0.1) is 24.0 Å². The van der Waals surface area contributed by atoms with Crippen molar-refractivity contribution >= 4 is 11.7 Å². The predicted molar refractivity (Wildman–Crippen MR) is 80.1 cm³/mol. The van der Waals surface area contributed by atoms with Crippen molar-refractivity contribution in [1.82, 2.24) is 0 Å². The molecule has 114 valence electrons. The van der Waals surface area contributed by atoms with E-state index in [4.69, 9.17) is 9.47 Å². The van der Waals surface area contributed by atoms with Crippen LogP contribution in [0.5, 0.6) is 11.5 Å². The molecule has 0 fully saturated rings. The summed E-state index contributed by atoms with van der Waals surface area (Å²) in [4.78, 5) is 22.0. The first-order chi connectivity index (χ1) is 10.5. The lowest BCUT2D eigenvalue weighted by atomic mass is 10.2. The van der Waals surface area contributed by atoms with Crippen LogP contribution in [0.3, 0.4) is 0 Å². The number of benzene rings is 2. The van der Waals surface area contributed by atoms with Gasteiger partial charge < -0.3 is 9.47 Å². The van der Waals surface area contributed by atoms with E-state index < -0.39 is 10.9 Å². The van der Waals surface area contributed by atoms with E-state index in [1.54, 1.807) is 13.0 Å². The van der Waals surface area contributed by atoms with Crippen molar-refractivity contribution in [3.63, 3.8) is 0 Å². The van der Waals surface area contributed by atoms with Crippen LogP contribution in [0.25, 0.3) is 0 Å². The van der Waals surface area contributed by atoms with Crippen molar-refractivity contribution in [2.75, 3.05) is 6.61 Å². The minimum Gasteiger partial charge on any atom is -0.482 e. The highest BCUT2D eigenvalue weighted by Gasteiger charge is 2.13. The standard InChI is InChI=1S/C16H15NO5/c1-11-4-3-5-13(8-11)21-10-16(18)22-14-6-7-15(17(19)20)12(2)9-14/h3-9H,10H2,1-2H3. The smallest absolute Gasteiger partial charge is 0.349 e. The second-order valence-corrected chi connectivity index (χ2v) is 4.78. The Hall–Kier alpha value is -2.89. The molecule has 0 saturated carbocycles. The summed E-state index contributed by atoms with van der Waals surface area (Å²) >= 11 is 0. The lowest BCUT2D eigenvalue weighted by Gasteiger charge is -2.08. The van der Waals surface area contributed by atoms with Gasteiger partial charge in [0.1, 0.15) is 11.5 Å². The maximum atomic E-state index is 11.7. The Labute approximate surface area is 127 Å². The van der Waals surface area contributed by atoms with Crippen LogP contribution < -0.4 is 9.47 Å². The van der Waals surface area contributed by atoms with Crippen LogP contribution >= 0.6 is 0 Å². The zero-order valence-corrected chi connectivity index (χ0v) is 12.2. The number of hydrogen-bond acceptors (Lipinski definition) is 5. The van der Waals surface area contributed by atoms with Gasteiger partial charge in [-0.25, -0.2) is 4.79 Å². The average Bonchev–Trinajstić information content (AvgIpc) is 2.45. The van der Waals surface area contributed by atoms with Crippen molar-refractivity contribution in [3.8, 4) is 11.5 Å². The molecule has 2 aromatic carbocycles. The highest BCUT2D eigenvalue weighted by atomic mass is 16.6. The molecule has 0 spiro atoms. The highest BCUT2D eigenvalue weighted by molar-refractivity contribution is 5.74. The van der Waals surface area contributed by atoms with Crippen LogP contribution in [0.2, 0.25) is 0 Å². The number of esters is 1. The third-order valence-corrected chi connectivity index (χ3v) is 2.94. The van der Waals surface area contributed by atoms with Gasteiger partial charge in [-0.1, -0.05) is 12.1 Å². The molecule has 22 heavy (non-hydrogen) atoms. The lowest BCUT2D eigenvalue weighted by molar-refractivity contribution is -0.385. The van der Waals surface area contributed by atoms with Gasteiger partial charge in [0.25, 0.3) is 5.69 Å². The zero-order chi connectivity index (χ0) is 16.1. The number of carbonyl (C=O) groups is 1.